The van der Waals surface area contributed by atoms with E-state index in [1.807, 2.05) is 30.3 Å². The van der Waals surface area contributed by atoms with Gasteiger partial charge in [0.15, 0.2) is 0 Å². The summed E-state index contributed by atoms with van der Waals surface area (Å²) in [6, 6.07) is 10.2. The molecule has 0 unspecified atom stereocenters. The number of sulfonamides is 1. The number of nitrogens with zero attached hydrogens (tertiary/aromatic N) is 1. The van der Waals surface area contributed by atoms with Crippen LogP contribution in [0.4, 0.5) is 0 Å². The second-order valence-electron chi connectivity index (χ2n) is 6.56. The Morgan fingerprint density at radius 3 is 2.54 bits per heavy atom. The quantitative estimate of drug-likeness (QED) is 0.723. The number of hydrogen-bond donors (Lipinski definition) is 1. The van der Waals surface area contributed by atoms with Crippen LogP contribution in [0.25, 0.3) is 0 Å². The number of hydrogen-bond acceptors (Lipinski definition) is 4. The fourth-order valence-electron chi connectivity index (χ4n) is 3.17. The monoisotopic (exact) mass is 440 g/mol. The summed E-state index contributed by atoms with van der Waals surface area (Å²) < 4.78 is 26.6. The molecule has 0 saturated heterocycles. The van der Waals surface area contributed by atoms with E-state index >= 15 is 0 Å². The van der Waals surface area contributed by atoms with Gasteiger partial charge in [0.05, 0.1) is 21.0 Å². The molecule has 1 heterocycles. The van der Waals surface area contributed by atoms with Gasteiger partial charge < -0.3 is 10.1 Å². The maximum atomic E-state index is 12.8. The van der Waals surface area contributed by atoms with E-state index in [4.69, 9.17) is 23.2 Å². The Balaban J connectivity index is 1.83. The first-order valence-electron chi connectivity index (χ1n) is 8.49. The Morgan fingerprint density at radius 1 is 1.25 bits per heavy atom. The molecule has 1 amide bonds. The maximum Gasteiger partial charge on any atom is 0.243 e. The average Bonchev–Trinajstić information content (AvgIpc) is 2.67. The molecule has 1 aliphatic heterocycles. The number of fused-ring (bicyclic) bond motifs is 1. The van der Waals surface area contributed by atoms with Crippen LogP contribution in [0.1, 0.15) is 11.1 Å². The van der Waals surface area contributed by atoms with Crippen LogP contribution in [0.15, 0.2) is 47.4 Å². The Bertz CT molecular complexity index is 1010. The molecule has 6 nitrogen and oxygen atoms in total. The fraction of sp³-hybridized carbons (Fsp3) is 0.263. The molecule has 2 aromatic rings. The highest BCUT2D eigenvalue weighted by Crippen LogP contribution is 2.35. The lowest BCUT2D eigenvalue weighted by molar-refractivity contribution is -0.127. The molecule has 0 spiro atoms. The van der Waals surface area contributed by atoms with Crippen LogP contribution < -0.4 is 5.32 Å². The van der Waals surface area contributed by atoms with E-state index in [0.29, 0.717) is 18.3 Å². The molecule has 0 radical (unpaired) electrons. The first-order valence-corrected chi connectivity index (χ1v) is 10.7. The second kappa shape index (κ2) is 8.21. The molecule has 1 N–H and O–H groups in total. The van der Waals surface area contributed by atoms with E-state index in [0.717, 1.165) is 9.87 Å². The summed E-state index contributed by atoms with van der Waals surface area (Å²) in [4.78, 5) is 24.3. The molecule has 0 saturated carbocycles. The summed E-state index contributed by atoms with van der Waals surface area (Å²) in [5.74, 6) is -0.546. The van der Waals surface area contributed by atoms with Crippen molar-refractivity contribution in [2.75, 3.05) is 7.05 Å². The lowest BCUT2D eigenvalue weighted by atomic mass is 10.0. The van der Waals surface area contributed by atoms with Gasteiger partial charge in [-0.2, -0.15) is 4.31 Å². The van der Waals surface area contributed by atoms with E-state index < -0.39 is 28.0 Å². The summed E-state index contributed by atoms with van der Waals surface area (Å²) >= 11 is 12.0. The number of halogens is 2. The van der Waals surface area contributed by atoms with Gasteiger partial charge in [-0.1, -0.05) is 53.5 Å². The molecule has 0 aromatic heterocycles. The predicted molar refractivity (Wildman–Crippen MR) is 107 cm³/mol. The van der Waals surface area contributed by atoms with Crippen molar-refractivity contribution in [3.63, 3.8) is 0 Å². The molecule has 148 valence electrons. The zero-order valence-corrected chi connectivity index (χ0v) is 17.3. The summed E-state index contributed by atoms with van der Waals surface area (Å²) in [6.45, 7) is 0. The number of rotatable bonds is 5. The van der Waals surface area contributed by atoms with Crippen LogP contribution in [0, 0.1) is 0 Å². The number of benzene rings is 2. The molecule has 0 bridgehead atoms. The Kier molecular flexibility index (Phi) is 6.09. The molecular formula is C19H18Cl2N2O4S. The Labute approximate surface area is 173 Å². The molecular weight excluding hydrogens is 423 g/mol. The third kappa shape index (κ3) is 4.07. The highest BCUT2D eigenvalue weighted by molar-refractivity contribution is 7.89. The normalized spacial score (nSPS) is 19.5. The molecule has 1 aliphatic rings. The molecule has 28 heavy (non-hydrogen) atoms. The topological polar surface area (TPSA) is 83.6 Å². The van der Waals surface area contributed by atoms with Gasteiger partial charge in [-0.05, 0) is 36.1 Å². The molecule has 3 rings (SSSR count). The minimum atomic E-state index is -3.91. The van der Waals surface area contributed by atoms with Crippen molar-refractivity contribution in [3.8, 4) is 0 Å². The predicted octanol–water partition coefficient (Wildman–Crippen LogP) is 2.46. The lowest BCUT2D eigenvalue weighted by Gasteiger charge is -2.33. The van der Waals surface area contributed by atoms with Gasteiger partial charge in [-0.15, -0.1) is 0 Å². The third-order valence-corrected chi connectivity index (χ3v) is 7.38. The highest BCUT2D eigenvalue weighted by atomic mass is 35.5. The molecule has 2 aromatic carbocycles. The van der Waals surface area contributed by atoms with Gasteiger partial charge in [0.25, 0.3) is 0 Å². The van der Waals surface area contributed by atoms with Gasteiger partial charge in [0.1, 0.15) is 12.3 Å². The minimum absolute atomic E-state index is 0.0321. The zero-order chi connectivity index (χ0) is 20.5. The summed E-state index contributed by atoms with van der Waals surface area (Å²) in [5, 5.41) is 2.98. The summed E-state index contributed by atoms with van der Waals surface area (Å²) in [5.41, 5.74) is 1.30. The van der Waals surface area contributed by atoms with Crippen LogP contribution in [-0.4, -0.2) is 44.0 Å². The van der Waals surface area contributed by atoms with E-state index in [1.165, 1.54) is 19.2 Å². The first-order chi connectivity index (χ1) is 13.2. The van der Waals surface area contributed by atoms with E-state index in [9.17, 15) is 18.0 Å². The standard InChI is InChI=1S/C19H18Cl2N2O4S/c1-23-17(9-13-8-15(20)16(21)10-18(13)28(23,26)27)19(25)22-14(11-24)7-12-5-3-2-4-6-12/h2-6,8,10-11,14,17H,7,9H2,1H3,(H,22,25)/t14-,17-/m0/s1. The molecule has 0 fully saturated rings. The van der Waals surface area contributed by atoms with Crippen LogP contribution in [0.2, 0.25) is 10.0 Å². The molecule has 0 aliphatic carbocycles. The SMILES string of the molecule is CN1[C@H](C(=O)N[C@H](C=O)Cc2ccccc2)Cc2cc(Cl)c(Cl)cc2S1(=O)=O. The van der Waals surface area contributed by atoms with E-state index in [1.54, 1.807) is 0 Å². The number of carbonyl (C=O) groups is 2. The molecule has 9 heteroatoms. The zero-order valence-electron chi connectivity index (χ0n) is 14.9. The first kappa shape index (κ1) is 20.8. The van der Waals surface area contributed by atoms with Crippen molar-refractivity contribution >= 4 is 45.4 Å². The number of carbonyl (C=O) groups excluding carboxylic acids is 2. The Hall–Kier alpha value is -1.93. The van der Waals surface area contributed by atoms with Crippen molar-refractivity contribution in [2.24, 2.45) is 0 Å². The second-order valence-corrected chi connectivity index (χ2v) is 9.34. The average molecular weight is 441 g/mol. The van der Waals surface area contributed by atoms with Crippen LogP contribution >= 0.6 is 23.2 Å². The van der Waals surface area contributed by atoms with E-state index in [-0.39, 0.29) is 21.4 Å². The fourth-order valence-corrected chi connectivity index (χ4v) is 5.14. The smallest absolute Gasteiger partial charge is 0.243 e. The third-order valence-electron chi connectivity index (χ3n) is 4.71. The van der Waals surface area contributed by atoms with Crippen LogP contribution in [0.5, 0.6) is 0 Å². The van der Waals surface area contributed by atoms with Crippen molar-refractivity contribution in [3.05, 3.63) is 63.6 Å². The van der Waals surface area contributed by atoms with Crippen molar-refractivity contribution in [1.82, 2.24) is 9.62 Å². The lowest BCUT2D eigenvalue weighted by Crippen LogP contribution is -2.54. The van der Waals surface area contributed by atoms with Gasteiger partial charge in [0.2, 0.25) is 15.9 Å². The van der Waals surface area contributed by atoms with E-state index in [2.05, 4.69) is 5.32 Å². The number of amides is 1. The van der Waals surface area contributed by atoms with Crippen molar-refractivity contribution in [1.29, 1.82) is 0 Å². The van der Waals surface area contributed by atoms with Gasteiger partial charge >= 0.3 is 0 Å². The highest BCUT2D eigenvalue weighted by Gasteiger charge is 2.40. The van der Waals surface area contributed by atoms with Gasteiger partial charge in [-0.25, -0.2) is 8.42 Å². The van der Waals surface area contributed by atoms with Crippen LogP contribution in [-0.2, 0) is 32.5 Å². The number of nitrogens with one attached hydrogen (secondary N) is 1. The number of aldehydes is 1. The van der Waals surface area contributed by atoms with Crippen LogP contribution in [0.3, 0.4) is 0 Å². The van der Waals surface area contributed by atoms with Crippen molar-refractivity contribution < 1.29 is 18.0 Å². The van der Waals surface area contributed by atoms with Crippen molar-refractivity contribution in [2.45, 2.75) is 29.8 Å². The maximum absolute atomic E-state index is 12.8. The number of likely N-dealkylation sites (N-methyl/N-ethyl adjacent to an activating group) is 1. The van der Waals surface area contributed by atoms with Gasteiger partial charge in [0, 0.05) is 7.05 Å². The molecule has 2 atom stereocenters. The summed E-state index contributed by atoms with van der Waals surface area (Å²) in [7, 11) is -2.58. The Morgan fingerprint density at radius 2 is 1.89 bits per heavy atom. The minimum Gasteiger partial charge on any atom is -0.345 e. The largest absolute Gasteiger partial charge is 0.345 e. The van der Waals surface area contributed by atoms with Gasteiger partial charge in [-0.3, -0.25) is 4.79 Å². The summed E-state index contributed by atoms with van der Waals surface area (Å²) in [6.07, 6.45) is 1.09.